The van der Waals surface area contributed by atoms with Gasteiger partial charge in [0, 0.05) is 12.4 Å². The van der Waals surface area contributed by atoms with Crippen molar-refractivity contribution in [2.45, 2.75) is 19.3 Å². The molecular weight excluding hydrogens is 510 g/mol. The molecule has 0 saturated heterocycles. The second-order valence-electron chi connectivity index (χ2n) is 7.29. The molecule has 3 heterocycles. The van der Waals surface area contributed by atoms with Crippen LogP contribution in [0.15, 0.2) is 64.5 Å². The van der Waals surface area contributed by atoms with Gasteiger partial charge in [0.1, 0.15) is 17.1 Å². The van der Waals surface area contributed by atoms with Gasteiger partial charge in [0.2, 0.25) is 5.82 Å². The zero-order chi connectivity index (χ0) is 27.4. The molecule has 4 N–H and O–H groups in total. The van der Waals surface area contributed by atoms with Gasteiger partial charge in [-0.2, -0.15) is 31.3 Å². The van der Waals surface area contributed by atoms with Crippen LogP contribution in [0, 0.1) is 6.92 Å². The number of hydrogen-bond donors (Lipinski definition) is 3. The van der Waals surface area contributed by atoms with Crippen molar-refractivity contribution >= 4 is 5.84 Å². The molecule has 0 atom stereocenters. The SMILES string of the molecule is Cc1ccc(O)c(-c2nc(-c3ccc(C(F)(F)F)cn3)no2)c1.NC(=NO)c1ccc(C(F)(F)F)cn1. The van der Waals surface area contributed by atoms with Crippen molar-refractivity contribution in [3.8, 4) is 28.7 Å². The van der Waals surface area contributed by atoms with Crippen LogP contribution in [-0.4, -0.2) is 36.3 Å². The average Bonchev–Trinajstić information content (AvgIpc) is 3.35. The highest BCUT2D eigenvalue weighted by Gasteiger charge is 2.31. The molecule has 9 nitrogen and oxygen atoms in total. The van der Waals surface area contributed by atoms with E-state index in [1.165, 1.54) is 6.07 Å². The van der Waals surface area contributed by atoms with Crippen molar-refractivity contribution < 1.29 is 41.2 Å². The minimum atomic E-state index is -4.46. The van der Waals surface area contributed by atoms with E-state index in [1.54, 1.807) is 12.1 Å². The molecule has 0 aliphatic heterocycles. The predicted octanol–water partition coefficient (Wildman–Crippen LogP) is 5.03. The lowest BCUT2D eigenvalue weighted by atomic mass is 10.1. The maximum atomic E-state index is 12.5. The monoisotopic (exact) mass is 526 g/mol. The summed E-state index contributed by atoms with van der Waals surface area (Å²) in [6.45, 7) is 1.83. The Labute approximate surface area is 203 Å². The van der Waals surface area contributed by atoms with Crippen LogP contribution < -0.4 is 5.73 Å². The fourth-order valence-corrected chi connectivity index (χ4v) is 2.72. The Morgan fingerprint density at radius 3 is 2.05 bits per heavy atom. The number of aryl methyl sites for hydroxylation is 1. The maximum absolute atomic E-state index is 12.5. The van der Waals surface area contributed by atoms with Crippen molar-refractivity contribution in [3.05, 3.63) is 77.2 Å². The number of phenolic OH excluding ortho intramolecular Hbond substituents is 1. The summed E-state index contributed by atoms with van der Waals surface area (Å²) >= 11 is 0. The molecule has 0 bridgehead atoms. The van der Waals surface area contributed by atoms with Crippen LogP contribution >= 0.6 is 0 Å². The van der Waals surface area contributed by atoms with Crippen LogP contribution in [0.5, 0.6) is 5.75 Å². The molecule has 194 valence electrons. The van der Waals surface area contributed by atoms with Gasteiger partial charge < -0.3 is 20.6 Å². The lowest BCUT2D eigenvalue weighted by molar-refractivity contribution is -0.138. The number of amidine groups is 1. The molecule has 3 aromatic heterocycles. The van der Waals surface area contributed by atoms with Gasteiger partial charge >= 0.3 is 12.4 Å². The first-order valence-electron chi connectivity index (χ1n) is 9.98. The van der Waals surface area contributed by atoms with E-state index in [0.29, 0.717) is 18.0 Å². The normalized spacial score (nSPS) is 12.1. The molecule has 0 saturated carbocycles. The number of phenols is 1. The molecule has 15 heteroatoms. The Hall–Kier alpha value is -4.69. The zero-order valence-corrected chi connectivity index (χ0v) is 18.6. The molecule has 0 radical (unpaired) electrons. The molecule has 0 fully saturated rings. The Morgan fingerprint density at radius 1 is 0.919 bits per heavy atom. The standard InChI is InChI=1S/C15H10F3N3O2.C7H6F3N3O/c1-8-2-5-12(22)10(6-8)14-20-13(21-23-14)11-4-3-9(7-19-11)15(16,17)18;8-7(9,10)4-1-2-5(12-3-4)6(11)13-14/h2-7,22H,1H3;1-3,14H,(H2,11,13). The summed E-state index contributed by atoms with van der Waals surface area (Å²) in [4.78, 5) is 11.1. The summed E-state index contributed by atoms with van der Waals surface area (Å²) in [5, 5.41) is 24.3. The molecular formula is C22H16F6N6O3. The van der Waals surface area contributed by atoms with Gasteiger partial charge in [-0.25, -0.2) is 0 Å². The summed E-state index contributed by atoms with van der Waals surface area (Å²) in [6, 6.07) is 8.75. The van der Waals surface area contributed by atoms with Gasteiger partial charge in [-0.05, 0) is 43.3 Å². The highest BCUT2D eigenvalue weighted by molar-refractivity contribution is 5.95. The number of halogens is 6. The molecule has 0 unspecified atom stereocenters. The lowest BCUT2D eigenvalue weighted by Crippen LogP contribution is -2.15. The highest BCUT2D eigenvalue weighted by Crippen LogP contribution is 2.32. The van der Waals surface area contributed by atoms with E-state index in [0.717, 1.165) is 29.8 Å². The van der Waals surface area contributed by atoms with E-state index >= 15 is 0 Å². The number of benzene rings is 1. The minimum absolute atomic E-state index is 0.0134. The predicted molar refractivity (Wildman–Crippen MR) is 116 cm³/mol. The summed E-state index contributed by atoms with van der Waals surface area (Å²) in [6.07, 6.45) is -7.57. The summed E-state index contributed by atoms with van der Waals surface area (Å²) in [5.74, 6) is -0.276. The smallest absolute Gasteiger partial charge is 0.417 e. The van der Waals surface area contributed by atoms with Crippen LogP contribution in [0.4, 0.5) is 26.3 Å². The number of rotatable bonds is 3. The van der Waals surface area contributed by atoms with Crippen LogP contribution in [-0.2, 0) is 12.4 Å². The lowest BCUT2D eigenvalue weighted by Gasteiger charge is -2.05. The highest BCUT2D eigenvalue weighted by atomic mass is 19.4. The molecule has 0 amide bonds. The largest absolute Gasteiger partial charge is 0.507 e. The van der Waals surface area contributed by atoms with Gasteiger partial charge in [-0.15, -0.1) is 0 Å². The number of nitrogens with two attached hydrogens (primary N) is 1. The first-order valence-corrected chi connectivity index (χ1v) is 9.98. The van der Waals surface area contributed by atoms with Crippen molar-refractivity contribution in [1.29, 1.82) is 0 Å². The number of pyridine rings is 2. The number of hydrogen-bond acceptors (Lipinski definition) is 8. The number of nitrogens with zero attached hydrogens (tertiary/aromatic N) is 5. The topological polar surface area (TPSA) is 144 Å². The Balaban J connectivity index is 0.000000233. The fourth-order valence-electron chi connectivity index (χ4n) is 2.72. The number of alkyl halides is 6. The molecule has 37 heavy (non-hydrogen) atoms. The van der Waals surface area contributed by atoms with E-state index in [9.17, 15) is 31.4 Å². The maximum Gasteiger partial charge on any atom is 0.417 e. The number of aromatic hydroxyl groups is 1. The summed E-state index contributed by atoms with van der Waals surface area (Å²) < 4.78 is 78.7. The fraction of sp³-hybridized carbons (Fsp3) is 0.136. The second-order valence-corrected chi connectivity index (χ2v) is 7.29. The average molecular weight is 526 g/mol. The van der Waals surface area contributed by atoms with E-state index in [2.05, 4.69) is 25.3 Å². The van der Waals surface area contributed by atoms with Crippen molar-refractivity contribution in [3.63, 3.8) is 0 Å². The van der Waals surface area contributed by atoms with Crippen LogP contribution in [0.2, 0.25) is 0 Å². The Kier molecular flexibility index (Phi) is 7.64. The summed E-state index contributed by atoms with van der Waals surface area (Å²) in [7, 11) is 0. The van der Waals surface area contributed by atoms with Gasteiger partial charge in [-0.3, -0.25) is 9.97 Å². The first-order chi connectivity index (χ1) is 17.3. The molecule has 0 aliphatic carbocycles. The minimum Gasteiger partial charge on any atom is -0.507 e. The van der Waals surface area contributed by atoms with Crippen LogP contribution in [0.25, 0.3) is 23.0 Å². The molecule has 0 spiro atoms. The molecule has 1 aromatic carbocycles. The molecule has 4 aromatic rings. The van der Waals surface area contributed by atoms with Gasteiger partial charge in [0.05, 0.1) is 16.7 Å². The third kappa shape index (κ3) is 6.71. The first kappa shape index (κ1) is 26.9. The van der Waals surface area contributed by atoms with E-state index < -0.39 is 23.5 Å². The third-order valence-electron chi connectivity index (χ3n) is 4.59. The zero-order valence-electron chi connectivity index (χ0n) is 18.6. The molecule has 0 aliphatic rings. The Morgan fingerprint density at radius 2 is 1.54 bits per heavy atom. The van der Waals surface area contributed by atoms with Crippen LogP contribution in [0.1, 0.15) is 22.4 Å². The van der Waals surface area contributed by atoms with E-state index in [4.69, 9.17) is 15.5 Å². The second kappa shape index (κ2) is 10.5. The van der Waals surface area contributed by atoms with Crippen molar-refractivity contribution in [2.75, 3.05) is 0 Å². The van der Waals surface area contributed by atoms with Gasteiger partial charge in [-0.1, -0.05) is 21.9 Å². The number of oxime groups is 1. The number of aromatic nitrogens is 4. The van der Waals surface area contributed by atoms with Gasteiger partial charge in [0.15, 0.2) is 5.84 Å². The van der Waals surface area contributed by atoms with Crippen LogP contribution in [0.3, 0.4) is 0 Å². The Bertz CT molecular complexity index is 1380. The van der Waals surface area contributed by atoms with E-state index in [1.807, 2.05) is 6.92 Å². The molecule has 4 rings (SSSR count). The quantitative estimate of drug-likeness (QED) is 0.111. The third-order valence-corrected chi connectivity index (χ3v) is 4.59. The van der Waals surface area contributed by atoms with Crippen molar-refractivity contribution in [1.82, 2.24) is 20.1 Å². The van der Waals surface area contributed by atoms with E-state index in [-0.39, 0.29) is 34.7 Å². The van der Waals surface area contributed by atoms with Crippen molar-refractivity contribution in [2.24, 2.45) is 10.9 Å². The summed E-state index contributed by atoms with van der Waals surface area (Å²) in [5.41, 5.74) is 4.72. The van der Waals surface area contributed by atoms with Gasteiger partial charge in [0.25, 0.3) is 5.89 Å².